The Morgan fingerprint density at radius 1 is 1.25 bits per heavy atom. The third kappa shape index (κ3) is 3.42. The van der Waals surface area contributed by atoms with Gasteiger partial charge in [-0.05, 0) is 19.3 Å². The zero-order valence-electron chi connectivity index (χ0n) is 12.3. The highest BCUT2D eigenvalue weighted by atomic mass is 32.2. The number of nitrogens with zero attached hydrogens (tertiary/aromatic N) is 2. The second kappa shape index (κ2) is 6.56. The third-order valence-electron chi connectivity index (χ3n) is 3.76. The minimum atomic E-state index is 0.453. The van der Waals surface area contributed by atoms with Gasteiger partial charge in [0.2, 0.25) is 0 Å². The molecule has 2 unspecified atom stereocenters. The first-order chi connectivity index (χ1) is 9.78. The summed E-state index contributed by atoms with van der Waals surface area (Å²) in [4.78, 5) is 9.69. The first kappa shape index (κ1) is 14.5. The van der Waals surface area contributed by atoms with Crippen LogP contribution in [0.2, 0.25) is 0 Å². The molecule has 0 radical (unpaired) electrons. The van der Waals surface area contributed by atoms with Gasteiger partial charge in [0.15, 0.2) is 0 Å². The van der Waals surface area contributed by atoms with Gasteiger partial charge in [-0.25, -0.2) is 9.97 Å². The zero-order chi connectivity index (χ0) is 13.9. The lowest BCUT2D eigenvalue weighted by atomic mass is 10.2. The predicted molar refractivity (Wildman–Crippen MR) is 89.9 cm³/mol. The zero-order valence-corrected chi connectivity index (χ0v) is 13.9. The first-order valence-electron chi connectivity index (χ1n) is 7.64. The number of hydrogen-bond donors (Lipinski definition) is 1. The Kier molecular flexibility index (Phi) is 4.76. The van der Waals surface area contributed by atoms with Crippen LogP contribution in [0.4, 0.5) is 5.82 Å². The first-order valence-corrected chi connectivity index (χ1v) is 9.73. The van der Waals surface area contributed by atoms with Crippen molar-refractivity contribution in [3.8, 4) is 0 Å². The molecule has 0 spiro atoms. The maximum atomic E-state index is 4.89. The van der Waals surface area contributed by atoms with Crippen LogP contribution in [0.3, 0.4) is 0 Å². The van der Waals surface area contributed by atoms with Crippen LogP contribution < -0.4 is 5.32 Å². The smallest absolute Gasteiger partial charge is 0.145 e. The fraction of sp³-hybridized carbons (Fsp3) is 0.733. The van der Waals surface area contributed by atoms with Crippen molar-refractivity contribution in [2.24, 2.45) is 0 Å². The summed E-state index contributed by atoms with van der Waals surface area (Å²) in [5.41, 5.74) is 1.26. The minimum Gasteiger partial charge on any atom is -0.370 e. The summed E-state index contributed by atoms with van der Waals surface area (Å²) in [5.74, 6) is 5.25. The summed E-state index contributed by atoms with van der Waals surface area (Å²) in [5, 5.41) is 4.51. The normalized spacial score (nSPS) is 26.5. The molecular formula is C15H23N3S2. The molecule has 0 aromatic carbocycles. The van der Waals surface area contributed by atoms with Gasteiger partial charge in [0.25, 0.3) is 0 Å². The van der Waals surface area contributed by atoms with Crippen LogP contribution in [0.25, 0.3) is 0 Å². The van der Waals surface area contributed by atoms with E-state index in [0.29, 0.717) is 16.4 Å². The molecule has 1 aromatic heterocycles. The maximum Gasteiger partial charge on any atom is 0.145 e. The van der Waals surface area contributed by atoms with Gasteiger partial charge in [-0.3, -0.25) is 0 Å². The van der Waals surface area contributed by atoms with E-state index in [-0.39, 0.29) is 0 Å². The lowest BCUT2D eigenvalue weighted by molar-refractivity contribution is 0.800. The molecule has 0 bridgehead atoms. The summed E-state index contributed by atoms with van der Waals surface area (Å²) in [7, 11) is 0. The van der Waals surface area contributed by atoms with E-state index in [2.05, 4.69) is 37.0 Å². The summed E-state index contributed by atoms with van der Waals surface area (Å²) in [6.45, 7) is 5.49. The summed E-state index contributed by atoms with van der Waals surface area (Å²) in [6.07, 6.45) is 3.72. The van der Waals surface area contributed by atoms with E-state index in [4.69, 9.17) is 9.97 Å². The fourth-order valence-electron chi connectivity index (χ4n) is 2.46. The SMILES string of the molecule is CCCNc1cc(C2CC2)nc(C2SCCSC2C)n1. The van der Waals surface area contributed by atoms with Crippen molar-refractivity contribution in [1.29, 1.82) is 0 Å². The molecule has 1 saturated carbocycles. The molecule has 3 nitrogen and oxygen atoms in total. The van der Waals surface area contributed by atoms with Crippen LogP contribution in [0.5, 0.6) is 0 Å². The van der Waals surface area contributed by atoms with E-state index < -0.39 is 0 Å². The van der Waals surface area contributed by atoms with E-state index in [1.54, 1.807) is 0 Å². The van der Waals surface area contributed by atoms with Crippen LogP contribution >= 0.6 is 23.5 Å². The molecule has 110 valence electrons. The van der Waals surface area contributed by atoms with E-state index in [1.165, 1.54) is 30.0 Å². The highest BCUT2D eigenvalue weighted by molar-refractivity contribution is 8.06. The predicted octanol–water partition coefficient (Wildman–Crippen LogP) is 4.09. The maximum absolute atomic E-state index is 4.89. The number of nitrogens with one attached hydrogen (secondary N) is 1. The van der Waals surface area contributed by atoms with E-state index in [1.807, 2.05) is 11.8 Å². The number of thioether (sulfide) groups is 2. The molecule has 2 heterocycles. The molecule has 3 rings (SSSR count). The molecule has 5 heteroatoms. The largest absolute Gasteiger partial charge is 0.370 e. The van der Waals surface area contributed by atoms with Gasteiger partial charge >= 0.3 is 0 Å². The van der Waals surface area contributed by atoms with Crippen molar-refractivity contribution in [3.05, 3.63) is 17.6 Å². The summed E-state index contributed by atoms with van der Waals surface area (Å²) < 4.78 is 0. The lowest BCUT2D eigenvalue weighted by Crippen LogP contribution is -2.19. The van der Waals surface area contributed by atoms with E-state index in [0.717, 1.165) is 24.6 Å². The molecule has 1 aromatic rings. The molecule has 2 fully saturated rings. The topological polar surface area (TPSA) is 37.8 Å². The summed E-state index contributed by atoms with van der Waals surface area (Å²) >= 11 is 4.08. The van der Waals surface area contributed by atoms with E-state index >= 15 is 0 Å². The number of aromatic nitrogens is 2. The Morgan fingerprint density at radius 2 is 2.05 bits per heavy atom. The van der Waals surface area contributed by atoms with Crippen LogP contribution in [-0.4, -0.2) is 33.3 Å². The third-order valence-corrected chi connectivity index (χ3v) is 6.84. The Balaban J connectivity index is 1.85. The number of hydrogen-bond acceptors (Lipinski definition) is 5. The molecule has 2 atom stereocenters. The van der Waals surface area contributed by atoms with Crippen LogP contribution in [0.1, 0.15) is 55.8 Å². The average Bonchev–Trinajstić information content (AvgIpc) is 3.30. The molecule has 0 amide bonds. The van der Waals surface area contributed by atoms with Crippen molar-refractivity contribution >= 4 is 29.3 Å². The Labute approximate surface area is 130 Å². The van der Waals surface area contributed by atoms with Crippen molar-refractivity contribution in [2.75, 3.05) is 23.4 Å². The van der Waals surface area contributed by atoms with Gasteiger partial charge in [0, 0.05) is 41.0 Å². The average molecular weight is 310 g/mol. The number of anilines is 1. The van der Waals surface area contributed by atoms with Gasteiger partial charge in [0.05, 0.1) is 5.25 Å². The molecule has 1 aliphatic carbocycles. The quantitative estimate of drug-likeness (QED) is 0.887. The van der Waals surface area contributed by atoms with Gasteiger partial charge in [-0.1, -0.05) is 13.8 Å². The highest BCUT2D eigenvalue weighted by Gasteiger charge is 2.30. The van der Waals surface area contributed by atoms with Crippen molar-refractivity contribution < 1.29 is 0 Å². The monoisotopic (exact) mass is 309 g/mol. The highest BCUT2D eigenvalue weighted by Crippen LogP contribution is 2.44. The van der Waals surface area contributed by atoms with Gasteiger partial charge < -0.3 is 5.32 Å². The lowest BCUT2D eigenvalue weighted by Gasteiger charge is -2.27. The van der Waals surface area contributed by atoms with Crippen molar-refractivity contribution in [2.45, 2.75) is 49.5 Å². The Bertz CT molecular complexity index is 462. The van der Waals surface area contributed by atoms with Gasteiger partial charge in [0.1, 0.15) is 11.6 Å². The Morgan fingerprint density at radius 3 is 2.75 bits per heavy atom. The van der Waals surface area contributed by atoms with Gasteiger partial charge in [-0.2, -0.15) is 11.8 Å². The number of rotatable bonds is 5. The van der Waals surface area contributed by atoms with Crippen LogP contribution in [0.15, 0.2) is 6.07 Å². The minimum absolute atomic E-state index is 0.453. The molecule has 1 aliphatic heterocycles. The molecule has 1 N–H and O–H groups in total. The Hall–Kier alpha value is -0.420. The molecular weight excluding hydrogens is 286 g/mol. The fourth-order valence-corrected chi connectivity index (χ4v) is 5.15. The summed E-state index contributed by atoms with van der Waals surface area (Å²) in [6, 6.07) is 2.17. The second-order valence-corrected chi connectivity index (χ2v) is 8.34. The molecule has 2 aliphatic rings. The standard InChI is InChI=1S/C15H23N3S2/c1-3-6-16-13-9-12(11-4-5-11)17-15(18-13)14-10(2)19-7-8-20-14/h9-11,14H,3-8H2,1-2H3,(H,16,17,18). The van der Waals surface area contributed by atoms with Crippen LogP contribution in [0, 0.1) is 0 Å². The van der Waals surface area contributed by atoms with E-state index in [9.17, 15) is 0 Å². The van der Waals surface area contributed by atoms with Crippen molar-refractivity contribution in [3.63, 3.8) is 0 Å². The van der Waals surface area contributed by atoms with Crippen LogP contribution in [-0.2, 0) is 0 Å². The molecule has 20 heavy (non-hydrogen) atoms. The molecule has 1 saturated heterocycles. The van der Waals surface area contributed by atoms with Gasteiger partial charge in [-0.15, -0.1) is 11.8 Å². The second-order valence-electron chi connectivity index (χ2n) is 5.60. The van der Waals surface area contributed by atoms with Crippen molar-refractivity contribution in [1.82, 2.24) is 9.97 Å².